The molecule has 0 fully saturated rings. The van der Waals surface area contributed by atoms with E-state index in [4.69, 9.17) is 0 Å². The molecule has 17 aromatic rings. The maximum Gasteiger partial charge on any atom is 0.0542 e. The molecule has 0 amide bonds. The lowest BCUT2D eigenvalue weighted by Gasteiger charge is -2.30. The van der Waals surface area contributed by atoms with Crippen LogP contribution in [-0.4, -0.2) is 9.13 Å². The van der Waals surface area contributed by atoms with Crippen LogP contribution < -0.4 is 9.80 Å². The average molecular weight is 1320 g/mol. The van der Waals surface area contributed by atoms with Crippen molar-refractivity contribution in [3.05, 3.63) is 385 Å². The highest BCUT2D eigenvalue weighted by Gasteiger charge is 2.39. The summed E-state index contributed by atoms with van der Waals surface area (Å²) in [5, 5.41) is 5.02. The van der Waals surface area contributed by atoms with Crippen molar-refractivity contribution in [2.45, 2.75) is 57.8 Å². The molecule has 0 saturated carbocycles. The Balaban J connectivity index is 0.000000142. The second-order valence-corrected chi connectivity index (χ2v) is 29.6. The van der Waals surface area contributed by atoms with Crippen LogP contribution in [0, 0.1) is 0 Å². The summed E-state index contributed by atoms with van der Waals surface area (Å²) in [5.41, 5.74) is 34.9. The highest BCUT2D eigenvalue weighted by Crippen LogP contribution is 2.55. The summed E-state index contributed by atoms with van der Waals surface area (Å²) >= 11 is 0. The molecular weight excluding hydrogens is 1250 g/mol. The molecule has 4 nitrogen and oxygen atoms in total. The van der Waals surface area contributed by atoms with Gasteiger partial charge in [-0.3, -0.25) is 0 Å². The van der Waals surface area contributed by atoms with Crippen molar-refractivity contribution in [2.24, 2.45) is 0 Å². The summed E-state index contributed by atoms with van der Waals surface area (Å²) in [7, 11) is 0. The Hall–Kier alpha value is -12.5. The van der Waals surface area contributed by atoms with Crippen LogP contribution in [0.3, 0.4) is 0 Å². The Labute approximate surface area is 602 Å². The first kappa shape index (κ1) is 61.6. The Morgan fingerprint density at radius 3 is 0.913 bits per heavy atom. The third kappa shape index (κ3) is 9.87. The molecule has 20 rings (SSSR count). The molecule has 0 saturated heterocycles. The van der Waals surface area contributed by atoms with Gasteiger partial charge < -0.3 is 18.9 Å². The minimum Gasteiger partial charge on any atom is -0.310 e. The molecule has 103 heavy (non-hydrogen) atoms. The van der Waals surface area contributed by atoms with Crippen molar-refractivity contribution in [1.82, 2.24) is 9.13 Å². The largest absolute Gasteiger partial charge is 0.310 e. The van der Waals surface area contributed by atoms with E-state index < -0.39 is 0 Å². The van der Waals surface area contributed by atoms with E-state index in [0.717, 1.165) is 22.7 Å². The van der Waals surface area contributed by atoms with Crippen molar-refractivity contribution >= 4 is 77.7 Å². The molecule has 0 bridgehead atoms. The number of fused-ring (bicyclic) bond motifs is 15. The number of anilines is 6. The summed E-state index contributed by atoms with van der Waals surface area (Å²) in [4.78, 5) is 4.88. The Morgan fingerprint density at radius 1 is 0.194 bits per heavy atom. The number of benzene rings is 15. The predicted octanol–water partition coefficient (Wildman–Crippen LogP) is 26.8. The molecule has 492 valence electrons. The van der Waals surface area contributed by atoms with Gasteiger partial charge >= 0.3 is 0 Å². The fraction of sp³-hybridized carbons (Fsp3) is 0.0909. The van der Waals surface area contributed by atoms with Gasteiger partial charge in [0.15, 0.2) is 0 Å². The van der Waals surface area contributed by atoms with E-state index >= 15 is 0 Å². The fourth-order valence-electron chi connectivity index (χ4n) is 17.6. The van der Waals surface area contributed by atoms with Crippen molar-refractivity contribution in [3.63, 3.8) is 0 Å². The van der Waals surface area contributed by atoms with E-state index in [1.807, 2.05) is 0 Å². The molecule has 0 unspecified atom stereocenters. The highest BCUT2D eigenvalue weighted by atomic mass is 15.1. The van der Waals surface area contributed by atoms with Crippen molar-refractivity contribution < 1.29 is 0 Å². The van der Waals surface area contributed by atoms with Crippen molar-refractivity contribution in [2.75, 3.05) is 9.80 Å². The van der Waals surface area contributed by atoms with E-state index in [2.05, 4.69) is 412 Å². The molecular formula is C99H76N4. The molecule has 0 spiro atoms. The molecule has 2 aromatic heterocycles. The average Bonchev–Trinajstić information content (AvgIpc) is 1.60. The quantitative estimate of drug-likeness (QED) is 0.136. The summed E-state index contributed by atoms with van der Waals surface area (Å²) in [6, 6.07) is 129. The maximum atomic E-state index is 2.48. The van der Waals surface area contributed by atoms with Crippen LogP contribution in [0.15, 0.2) is 352 Å². The number of hydrogen-bond acceptors (Lipinski definition) is 2. The zero-order valence-electron chi connectivity index (χ0n) is 58.8. The topological polar surface area (TPSA) is 16.3 Å². The number of nitrogens with zero attached hydrogens (tertiary/aromatic N) is 4. The zero-order valence-corrected chi connectivity index (χ0v) is 58.8. The van der Waals surface area contributed by atoms with Gasteiger partial charge in [0.1, 0.15) is 0 Å². The second-order valence-electron chi connectivity index (χ2n) is 29.6. The van der Waals surface area contributed by atoms with Crippen LogP contribution in [0.5, 0.6) is 0 Å². The minimum absolute atomic E-state index is 0.0864. The van der Waals surface area contributed by atoms with Crippen LogP contribution in [0.4, 0.5) is 34.1 Å². The second kappa shape index (κ2) is 23.8. The first-order valence-corrected chi connectivity index (χ1v) is 36.1. The number of hydrogen-bond donors (Lipinski definition) is 0. The molecule has 0 atom stereocenters. The number of para-hydroxylation sites is 4. The van der Waals surface area contributed by atoms with Gasteiger partial charge in [-0.2, -0.15) is 0 Å². The van der Waals surface area contributed by atoms with Gasteiger partial charge in [-0.15, -0.1) is 0 Å². The number of rotatable bonds is 10. The SMILES string of the molecule is CC1(C)c2ccccc2-c2ccc(N(c3ccc(-c4ccccc4)cc3)c3ccc(-c4ccc5c(c4)c4ccccc4n5-c4ccccc4)cc3)cc21.CC1(C)c2ccccc2-c2ccc(N(c3ccc4c(c3)C(C)(C)c3ccccc3-4)c3ccc4c(c3)c3ccccc3n4-c3ccccc3)cc21. The third-order valence-corrected chi connectivity index (χ3v) is 22.8. The fourth-order valence-corrected chi connectivity index (χ4v) is 17.6. The van der Waals surface area contributed by atoms with Gasteiger partial charge in [0, 0.05) is 83.3 Å². The zero-order chi connectivity index (χ0) is 69.3. The van der Waals surface area contributed by atoms with Crippen molar-refractivity contribution in [1.29, 1.82) is 0 Å². The Morgan fingerprint density at radius 2 is 0.476 bits per heavy atom. The highest BCUT2D eigenvalue weighted by molar-refractivity contribution is 6.12. The van der Waals surface area contributed by atoms with Gasteiger partial charge in [-0.05, 0) is 216 Å². The van der Waals surface area contributed by atoms with Crippen LogP contribution in [0.1, 0.15) is 74.9 Å². The first-order chi connectivity index (χ1) is 50.4. The van der Waals surface area contributed by atoms with Crippen LogP contribution in [0.25, 0.3) is 111 Å². The maximum absolute atomic E-state index is 2.48. The van der Waals surface area contributed by atoms with E-state index in [-0.39, 0.29) is 16.2 Å². The van der Waals surface area contributed by atoms with Crippen molar-refractivity contribution in [3.8, 4) is 67.0 Å². The molecule has 0 radical (unpaired) electrons. The third-order valence-electron chi connectivity index (χ3n) is 22.8. The summed E-state index contributed by atoms with van der Waals surface area (Å²) < 4.78 is 4.76. The molecule has 0 N–H and O–H groups in total. The van der Waals surface area contributed by atoms with Gasteiger partial charge in [-0.25, -0.2) is 0 Å². The monoisotopic (exact) mass is 1320 g/mol. The van der Waals surface area contributed by atoms with E-state index in [9.17, 15) is 0 Å². The van der Waals surface area contributed by atoms with Gasteiger partial charge in [0.2, 0.25) is 0 Å². The van der Waals surface area contributed by atoms with E-state index in [1.165, 1.54) is 155 Å². The summed E-state index contributed by atoms with van der Waals surface area (Å²) in [6.45, 7) is 14.2. The normalized spacial score (nSPS) is 13.8. The molecule has 2 heterocycles. The van der Waals surface area contributed by atoms with Gasteiger partial charge in [0.05, 0.1) is 22.1 Å². The number of aromatic nitrogens is 2. The lowest BCUT2D eigenvalue weighted by molar-refractivity contribution is 0.660. The minimum atomic E-state index is -0.0950. The van der Waals surface area contributed by atoms with Crippen LogP contribution in [-0.2, 0) is 16.2 Å². The van der Waals surface area contributed by atoms with Gasteiger partial charge in [0.25, 0.3) is 0 Å². The molecule has 3 aliphatic carbocycles. The summed E-state index contributed by atoms with van der Waals surface area (Å²) in [5.74, 6) is 0. The van der Waals surface area contributed by atoms with Crippen LogP contribution >= 0.6 is 0 Å². The Kier molecular flexibility index (Phi) is 14.2. The molecule has 0 aliphatic heterocycles. The van der Waals surface area contributed by atoms with E-state index in [1.54, 1.807) is 0 Å². The Bertz CT molecular complexity index is 6080. The molecule has 15 aromatic carbocycles. The predicted molar refractivity (Wildman–Crippen MR) is 434 cm³/mol. The van der Waals surface area contributed by atoms with E-state index in [0.29, 0.717) is 0 Å². The van der Waals surface area contributed by atoms with Gasteiger partial charge in [-0.1, -0.05) is 266 Å². The standard InChI is InChI=1S/C51H38N2.C48H38N2/c1-51(2)47-19-11-9-17-43(47)44-31-30-42(34-48(44)51)52(40-26-21-36(22-27-40)35-13-5-3-6-14-35)41-28-23-37(24-29-41)38-25-32-50-46(33-38)45-18-10-12-20-49(45)53(50)39-15-7-4-8-16-39;1-47(2)41-19-11-8-16-35(41)37-25-22-33(29-43(37)47)49(34-23-26-38-36-17-9-12-20-42(36)48(3,4)44(38)30-34)32-24-27-46-40(28-32)39-18-10-13-21-45(39)50(46)31-14-6-5-7-15-31/h3-34H,1-2H3;5-30H,1-4H3. The lowest BCUT2D eigenvalue weighted by Crippen LogP contribution is -2.18. The molecule has 4 heteroatoms. The summed E-state index contributed by atoms with van der Waals surface area (Å²) in [6.07, 6.45) is 0. The van der Waals surface area contributed by atoms with Crippen LogP contribution in [0.2, 0.25) is 0 Å². The molecule has 3 aliphatic rings. The lowest BCUT2D eigenvalue weighted by atomic mass is 9.82. The smallest absolute Gasteiger partial charge is 0.0542 e. The first-order valence-electron chi connectivity index (χ1n) is 36.1.